The van der Waals surface area contributed by atoms with Crippen LogP contribution in [-0.2, 0) is 4.79 Å². The quantitative estimate of drug-likeness (QED) is 0.666. The Kier molecular flexibility index (Phi) is 4.50. The average Bonchev–Trinajstić information content (AvgIpc) is 2.04. The molecule has 0 rings (SSSR count). The minimum atomic E-state index is -0.810. The molecule has 0 radical (unpaired) electrons. The molecule has 0 amide bonds. The van der Waals surface area contributed by atoms with Crippen molar-refractivity contribution in [2.75, 3.05) is 13.6 Å². The standard InChI is InChI=1S/C10H17NO2/c1-5-6-7-8-11(4)10(2,3)9(12)13/h7-8H2,1-4H3,(H,12,13). The minimum absolute atomic E-state index is 0.681. The van der Waals surface area contributed by atoms with Crippen molar-refractivity contribution in [1.29, 1.82) is 0 Å². The number of carboxylic acid groups (broad SMARTS) is 1. The third kappa shape index (κ3) is 3.47. The van der Waals surface area contributed by atoms with E-state index < -0.39 is 11.5 Å². The smallest absolute Gasteiger partial charge is 0.323 e. The van der Waals surface area contributed by atoms with Crippen molar-refractivity contribution in [3.8, 4) is 11.8 Å². The first-order chi connectivity index (χ1) is 5.92. The van der Waals surface area contributed by atoms with Gasteiger partial charge in [0.15, 0.2) is 0 Å². The summed E-state index contributed by atoms with van der Waals surface area (Å²) in [6.45, 7) is 5.84. The molecule has 0 saturated heterocycles. The first kappa shape index (κ1) is 12.0. The summed E-state index contributed by atoms with van der Waals surface area (Å²) in [7, 11) is 1.80. The fraction of sp³-hybridized carbons (Fsp3) is 0.700. The lowest BCUT2D eigenvalue weighted by molar-refractivity contribution is -0.148. The van der Waals surface area contributed by atoms with Gasteiger partial charge >= 0.3 is 5.97 Å². The van der Waals surface area contributed by atoms with E-state index in [-0.39, 0.29) is 0 Å². The van der Waals surface area contributed by atoms with Gasteiger partial charge < -0.3 is 5.11 Å². The van der Waals surface area contributed by atoms with Crippen LogP contribution in [0.15, 0.2) is 0 Å². The molecular formula is C10H17NO2. The van der Waals surface area contributed by atoms with E-state index in [1.807, 2.05) is 0 Å². The molecule has 0 spiro atoms. The van der Waals surface area contributed by atoms with E-state index in [1.165, 1.54) is 0 Å². The normalized spacial score (nSPS) is 10.8. The highest BCUT2D eigenvalue weighted by molar-refractivity contribution is 5.77. The van der Waals surface area contributed by atoms with Gasteiger partial charge in [0.05, 0.1) is 0 Å². The second-order valence-corrected chi connectivity index (χ2v) is 3.46. The highest BCUT2D eigenvalue weighted by Crippen LogP contribution is 2.12. The fourth-order valence-electron chi connectivity index (χ4n) is 0.791. The van der Waals surface area contributed by atoms with E-state index in [0.29, 0.717) is 13.0 Å². The molecule has 0 fully saturated rings. The molecular weight excluding hydrogens is 166 g/mol. The molecule has 0 aliphatic rings. The second-order valence-electron chi connectivity index (χ2n) is 3.46. The summed E-state index contributed by atoms with van der Waals surface area (Å²) in [5.74, 6) is 4.88. The Morgan fingerprint density at radius 2 is 2.08 bits per heavy atom. The first-order valence-electron chi connectivity index (χ1n) is 4.27. The van der Waals surface area contributed by atoms with Gasteiger partial charge in [0.2, 0.25) is 0 Å². The van der Waals surface area contributed by atoms with Crippen molar-refractivity contribution in [3.05, 3.63) is 0 Å². The van der Waals surface area contributed by atoms with Crippen LogP contribution in [0.3, 0.4) is 0 Å². The lowest BCUT2D eigenvalue weighted by atomic mass is 10.0. The van der Waals surface area contributed by atoms with E-state index in [4.69, 9.17) is 5.11 Å². The van der Waals surface area contributed by atoms with E-state index in [1.54, 1.807) is 32.7 Å². The van der Waals surface area contributed by atoms with Crippen LogP contribution in [0.4, 0.5) is 0 Å². The predicted molar refractivity (Wildman–Crippen MR) is 52.4 cm³/mol. The number of carbonyl (C=O) groups is 1. The van der Waals surface area contributed by atoms with E-state index in [9.17, 15) is 4.79 Å². The molecule has 13 heavy (non-hydrogen) atoms. The van der Waals surface area contributed by atoms with Gasteiger partial charge in [-0.1, -0.05) is 0 Å². The third-order valence-electron chi connectivity index (χ3n) is 2.23. The molecule has 1 N–H and O–H groups in total. The molecule has 0 aliphatic heterocycles. The lowest BCUT2D eigenvalue weighted by Gasteiger charge is -2.30. The molecule has 0 aliphatic carbocycles. The van der Waals surface area contributed by atoms with Gasteiger partial charge in [-0.25, -0.2) is 0 Å². The van der Waals surface area contributed by atoms with Gasteiger partial charge in [-0.05, 0) is 27.8 Å². The molecule has 3 heteroatoms. The molecule has 0 atom stereocenters. The zero-order valence-electron chi connectivity index (χ0n) is 8.72. The topological polar surface area (TPSA) is 40.5 Å². The average molecular weight is 183 g/mol. The zero-order chi connectivity index (χ0) is 10.5. The maximum Gasteiger partial charge on any atom is 0.323 e. The number of likely N-dealkylation sites (N-methyl/N-ethyl adjacent to an activating group) is 1. The number of nitrogens with zero attached hydrogens (tertiary/aromatic N) is 1. The highest BCUT2D eigenvalue weighted by Gasteiger charge is 2.31. The van der Waals surface area contributed by atoms with E-state index >= 15 is 0 Å². The Labute approximate surface area is 79.7 Å². The van der Waals surface area contributed by atoms with Crippen molar-refractivity contribution in [3.63, 3.8) is 0 Å². The van der Waals surface area contributed by atoms with Crippen LogP contribution < -0.4 is 0 Å². The SMILES string of the molecule is CC#CCCN(C)C(C)(C)C(=O)O. The summed E-state index contributed by atoms with van der Waals surface area (Å²) in [5, 5.41) is 8.89. The van der Waals surface area contributed by atoms with Crippen molar-refractivity contribution in [2.45, 2.75) is 32.7 Å². The largest absolute Gasteiger partial charge is 0.480 e. The van der Waals surface area contributed by atoms with Gasteiger partial charge in [0.25, 0.3) is 0 Å². The molecule has 3 nitrogen and oxygen atoms in total. The Morgan fingerprint density at radius 1 is 1.54 bits per heavy atom. The van der Waals surface area contributed by atoms with Crippen LogP contribution in [0.2, 0.25) is 0 Å². The van der Waals surface area contributed by atoms with Crippen LogP contribution in [0.25, 0.3) is 0 Å². The molecule has 0 aromatic carbocycles. The summed E-state index contributed by atoms with van der Waals surface area (Å²) in [6.07, 6.45) is 0.712. The van der Waals surface area contributed by atoms with Crippen molar-refractivity contribution >= 4 is 5.97 Å². The zero-order valence-corrected chi connectivity index (χ0v) is 8.72. The van der Waals surface area contributed by atoms with Gasteiger partial charge in [-0.2, -0.15) is 0 Å². The molecule has 0 aromatic heterocycles. The monoisotopic (exact) mass is 183 g/mol. The highest BCUT2D eigenvalue weighted by atomic mass is 16.4. The van der Waals surface area contributed by atoms with E-state index in [0.717, 1.165) is 0 Å². The fourth-order valence-corrected chi connectivity index (χ4v) is 0.791. The predicted octanol–water partition coefficient (Wildman–Crippen LogP) is 1.19. The number of carboxylic acids is 1. The van der Waals surface area contributed by atoms with Gasteiger partial charge in [-0.3, -0.25) is 9.69 Å². The van der Waals surface area contributed by atoms with Crippen LogP contribution >= 0.6 is 0 Å². The van der Waals surface area contributed by atoms with Crippen molar-refractivity contribution in [2.24, 2.45) is 0 Å². The van der Waals surface area contributed by atoms with Gasteiger partial charge in [0.1, 0.15) is 5.54 Å². The molecule has 0 unspecified atom stereocenters. The Bertz CT molecular complexity index is 235. The summed E-state index contributed by atoms with van der Waals surface area (Å²) in [5.41, 5.74) is -0.810. The maximum absolute atomic E-state index is 10.8. The maximum atomic E-state index is 10.8. The number of hydrogen-bond acceptors (Lipinski definition) is 2. The van der Waals surface area contributed by atoms with Crippen molar-refractivity contribution in [1.82, 2.24) is 4.90 Å². The number of hydrogen-bond donors (Lipinski definition) is 1. The molecule has 74 valence electrons. The van der Waals surface area contributed by atoms with Crippen LogP contribution in [0, 0.1) is 11.8 Å². The summed E-state index contributed by atoms with van der Waals surface area (Å²) in [4.78, 5) is 12.6. The number of rotatable bonds is 4. The van der Waals surface area contributed by atoms with Crippen LogP contribution in [-0.4, -0.2) is 35.1 Å². The lowest BCUT2D eigenvalue weighted by Crippen LogP contribution is -2.48. The summed E-state index contributed by atoms with van der Waals surface area (Å²) >= 11 is 0. The Balaban J connectivity index is 4.14. The second kappa shape index (κ2) is 4.88. The van der Waals surface area contributed by atoms with Crippen molar-refractivity contribution < 1.29 is 9.90 Å². The van der Waals surface area contributed by atoms with Gasteiger partial charge in [0, 0.05) is 13.0 Å². The molecule has 0 bridgehead atoms. The first-order valence-corrected chi connectivity index (χ1v) is 4.27. The third-order valence-corrected chi connectivity index (χ3v) is 2.23. The minimum Gasteiger partial charge on any atom is -0.480 e. The molecule has 0 aromatic rings. The molecule has 0 saturated carbocycles. The Morgan fingerprint density at radius 3 is 2.46 bits per heavy atom. The number of aliphatic carboxylic acids is 1. The Hall–Kier alpha value is -1.01. The van der Waals surface area contributed by atoms with Crippen LogP contribution in [0.5, 0.6) is 0 Å². The van der Waals surface area contributed by atoms with E-state index in [2.05, 4.69) is 11.8 Å². The summed E-state index contributed by atoms with van der Waals surface area (Å²) < 4.78 is 0. The molecule has 0 heterocycles. The summed E-state index contributed by atoms with van der Waals surface area (Å²) in [6, 6.07) is 0. The van der Waals surface area contributed by atoms with Crippen LogP contribution in [0.1, 0.15) is 27.2 Å². The van der Waals surface area contributed by atoms with Gasteiger partial charge in [-0.15, -0.1) is 11.8 Å².